The summed E-state index contributed by atoms with van der Waals surface area (Å²) in [7, 11) is 0. The molecule has 212 valence electrons. The Labute approximate surface area is 227 Å². The van der Waals surface area contributed by atoms with Crippen LogP contribution in [0.2, 0.25) is 0 Å². The Bertz CT molecular complexity index is 946. The van der Waals surface area contributed by atoms with Gasteiger partial charge in [-0.25, -0.2) is 0 Å². The maximum atomic E-state index is 12.8. The molecular formula is C31H52O5S. The predicted octanol–water partition coefficient (Wildman–Crippen LogP) is 4.68. The van der Waals surface area contributed by atoms with Crippen LogP contribution in [0, 0.1) is 50.7 Å². The van der Waals surface area contributed by atoms with Crippen molar-refractivity contribution in [2.45, 2.75) is 135 Å². The van der Waals surface area contributed by atoms with E-state index in [0.29, 0.717) is 28.6 Å². The third-order valence-corrected chi connectivity index (χ3v) is 15.8. The first-order chi connectivity index (χ1) is 17.0. The average molecular weight is 537 g/mol. The molecule has 0 radical (unpaired) electrons. The van der Waals surface area contributed by atoms with Gasteiger partial charge in [0.05, 0.1) is 24.6 Å². The summed E-state index contributed by atoms with van der Waals surface area (Å²) < 4.78 is 19.6. The summed E-state index contributed by atoms with van der Waals surface area (Å²) in [6.07, 6.45) is 9.07. The van der Waals surface area contributed by atoms with Crippen LogP contribution in [-0.2, 0) is 15.9 Å². The summed E-state index contributed by atoms with van der Waals surface area (Å²) in [5, 5.41) is 33.7. The third kappa shape index (κ3) is 3.13. The minimum Gasteiger partial charge on any atom is -0.616 e. The molecule has 6 heteroatoms. The molecule has 1 saturated heterocycles. The van der Waals surface area contributed by atoms with Crippen molar-refractivity contribution in [1.82, 2.24) is 0 Å². The summed E-state index contributed by atoms with van der Waals surface area (Å²) in [5.74, 6) is 1.65. The van der Waals surface area contributed by atoms with Gasteiger partial charge < -0.3 is 24.6 Å². The van der Waals surface area contributed by atoms with Gasteiger partial charge in [-0.2, -0.15) is 0 Å². The molecule has 6 aliphatic rings. The van der Waals surface area contributed by atoms with Crippen LogP contribution in [0.15, 0.2) is 0 Å². The first-order valence-electron chi connectivity index (χ1n) is 15.1. The van der Waals surface area contributed by atoms with E-state index in [0.717, 1.165) is 38.5 Å². The summed E-state index contributed by atoms with van der Waals surface area (Å²) in [6.45, 7) is 15.2. The van der Waals surface area contributed by atoms with Crippen LogP contribution in [0.3, 0.4) is 0 Å². The molecule has 6 fully saturated rings. The van der Waals surface area contributed by atoms with E-state index in [1.54, 1.807) is 20.1 Å². The van der Waals surface area contributed by atoms with Crippen molar-refractivity contribution < 1.29 is 24.6 Å². The van der Waals surface area contributed by atoms with Crippen LogP contribution in [0.4, 0.5) is 0 Å². The van der Waals surface area contributed by atoms with Crippen LogP contribution >= 0.6 is 0 Å². The molecule has 0 aromatic carbocycles. The molecule has 5 saturated carbocycles. The highest BCUT2D eigenvalue weighted by Gasteiger charge is 2.84. The Balaban J connectivity index is 1.36. The van der Waals surface area contributed by atoms with Gasteiger partial charge in [-0.15, -0.1) is 0 Å². The monoisotopic (exact) mass is 536 g/mol. The number of rotatable bonds is 3. The maximum Gasteiger partial charge on any atom is 0.169 e. The lowest BCUT2D eigenvalue weighted by atomic mass is 9.41. The predicted molar refractivity (Wildman–Crippen MR) is 146 cm³/mol. The van der Waals surface area contributed by atoms with E-state index in [1.165, 1.54) is 12.8 Å². The summed E-state index contributed by atoms with van der Waals surface area (Å²) in [4.78, 5) is 0. The zero-order chi connectivity index (χ0) is 27.1. The summed E-state index contributed by atoms with van der Waals surface area (Å²) in [5.41, 5.74) is -0.761. The Morgan fingerprint density at radius 2 is 1.59 bits per heavy atom. The van der Waals surface area contributed by atoms with Crippen molar-refractivity contribution in [3.05, 3.63) is 0 Å². The maximum absolute atomic E-state index is 12.8. The number of hydrogen-bond donors (Lipinski definition) is 3. The van der Waals surface area contributed by atoms with Crippen LogP contribution in [0.5, 0.6) is 0 Å². The Hall–Kier alpha value is 0.150. The van der Waals surface area contributed by atoms with Gasteiger partial charge in [-0.05, 0) is 122 Å². The van der Waals surface area contributed by atoms with Crippen molar-refractivity contribution in [3.63, 3.8) is 0 Å². The van der Waals surface area contributed by atoms with E-state index in [4.69, 9.17) is 4.74 Å². The fourth-order valence-corrected chi connectivity index (χ4v) is 14.0. The molecule has 5 nitrogen and oxygen atoms in total. The zero-order valence-corrected chi connectivity index (χ0v) is 25.2. The molecule has 0 amide bonds. The zero-order valence-electron chi connectivity index (χ0n) is 24.4. The van der Waals surface area contributed by atoms with Gasteiger partial charge >= 0.3 is 0 Å². The SMILES string of the molecule is C[C@@H]1CC([C@H]([S+](C)[O-])C(C)(C)O)OC2[C@H]1[C@@]1(C)CC[C@@]34C[C@@]35CCC(O)C(C)(C)[C@@H]5CCC4[C@]1(C)[C@H]2O. The number of aliphatic hydroxyl groups excluding tert-OH is 2. The molecule has 5 aliphatic carbocycles. The highest BCUT2D eigenvalue weighted by atomic mass is 32.2. The standard InChI is InChI=1S/C31H52O5S/c1-17-15-18(25(37(8)35)27(4,5)34)36-23-22(17)28(6)13-14-31-16-30(31)12-11-21(32)26(2,3)19(30)9-10-20(31)29(28,7)24(23)33/h17-25,32-34H,9-16H2,1-8H3/t17-,18?,19+,20?,21?,22+,23?,24+,25+,28-,29-,30-,31+,37?/m1/s1. The third-order valence-electron chi connectivity index (χ3n) is 14.2. The van der Waals surface area contributed by atoms with Crippen molar-refractivity contribution >= 4 is 11.2 Å². The van der Waals surface area contributed by atoms with Crippen molar-refractivity contribution in [1.29, 1.82) is 0 Å². The molecule has 2 spiro atoms. The molecule has 0 aromatic rings. The van der Waals surface area contributed by atoms with Gasteiger partial charge in [0.2, 0.25) is 0 Å². The van der Waals surface area contributed by atoms with E-state index in [9.17, 15) is 19.9 Å². The van der Waals surface area contributed by atoms with Crippen LogP contribution in [0.25, 0.3) is 0 Å². The van der Waals surface area contributed by atoms with Gasteiger partial charge in [-0.1, -0.05) is 34.6 Å². The molecule has 0 aromatic heterocycles. The minimum atomic E-state index is -1.23. The highest BCUT2D eigenvalue weighted by molar-refractivity contribution is 7.91. The topological polar surface area (TPSA) is 93.0 Å². The Kier molecular flexibility index (Phi) is 5.84. The van der Waals surface area contributed by atoms with Crippen LogP contribution in [0.1, 0.15) is 99.8 Å². The second kappa shape index (κ2) is 7.91. The Morgan fingerprint density at radius 1 is 0.973 bits per heavy atom. The quantitative estimate of drug-likeness (QED) is 0.456. The summed E-state index contributed by atoms with van der Waals surface area (Å²) in [6, 6.07) is 0. The fourth-order valence-electron chi connectivity index (χ4n) is 12.6. The smallest absolute Gasteiger partial charge is 0.169 e. The largest absolute Gasteiger partial charge is 0.616 e. The van der Waals surface area contributed by atoms with E-state index < -0.39 is 28.1 Å². The second-order valence-electron chi connectivity index (χ2n) is 16.1. The second-order valence-corrected chi connectivity index (χ2v) is 17.6. The molecule has 3 N–H and O–H groups in total. The first kappa shape index (κ1) is 27.3. The lowest BCUT2D eigenvalue weighted by Gasteiger charge is -2.63. The fraction of sp³-hybridized carbons (Fsp3) is 1.00. The molecule has 0 bridgehead atoms. The minimum absolute atomic E-state index is 0.00665. The molecule has 5 unspecified atom stereocenters. The molecule has 37 heavy (non-hydrogen) atoms. The molecular weight excluding hydrogens is 484 g/mol. The molecule has 1 heterocycles. The highest BCUT2D eigenvalue weighted by Crippen LogP contribution is 2.89. The van der Waals surface area contributed by atoms with Crippen LogP contribution < -0.4 is 0 Å². The van der Waals surface area contributed by atoms with E-state index in [1.807, 2.05) is 0 Å². The van der Waals surface area contributed by atoms with E-state index >= 15 is 0 Å². The van der Waals surface area contributed by atoms with E-state index in [-0.39, 0.29) is 40.5 Å². The number of ether oxygens (including phenoxy) is 1. The normalized spacial score (nSPS) is 57.7. The Morgan fingerprint density at radius 3 is 2.22 bits per heavy atom. The van der Waals surface area contributed by atoms with Crippen molar-refractivity contribution in [2.24, 2.45) is 50.7 Å². The van der Waals surface area contributed by atoms with Gasteiger partial charge in [0.25, 0.3) is 0 Å². The van der Waals surface area contributed by atoms with Gasteiger partial charge in [-0.3, -0.25) is 0 Å². The molecule has 6 rings (SSSR count). The van der Waals surface area contributed by atoms with E-state index in [2.05, 4.69) is 34.6 Å². The van der Waals surface area contributed by atoms with Gasteiger partial charge in [0.15, 0.2) is 5.25 Å². The van der Waals surface area contributed by atoms with Gasteiger partial charge in [0, 0.05) is 5.41 Å². The number of aliphatic hydroxyl groups is 3. The van der Waals surface area contributed by atoms with Crippen LogP contribution in [-0.4, -0.2) is 61.4 Å². The summed E-state index contributed by atoms with van der Waals surface area (Å²) >= 11 is -1.23. The van der Waals surface area contributed by atoms with Crippen molar-refractivity contribution in [3.8, 4) is 0 Å². The number of fused-ring (bicyclic) bond motifs is 4. The first-order valence-corrected chi connectivity index (χ1v) is 16.7. The number of hydrogen-bond acceptors (Lipinski definition) is 5. The molecule has 1 aliphatic heterocycles. The average Bonchev–Trinajstić information content (AvgIpc) is 3.40. The molecule has 14 atom stereocenters. The lowest BCUT2D eigenvalue weighted by Crippen LogP contribution is -2.59. The van der Waals surface area contributed by atoms with Gasteiger partial charge in [0.1, 0.15) is 11.7 Å². The van der Waals surface area contributed by atoms with Crippen molar-refractivity contribution in [2.75, 3.05) is 6.26 Å². The lowest BCUT2D eigenvalue weighted by molar-refractivity contribution is -0.182.